The molecule has 1 saturated carbocycles. The molecule has 2 N–H and O–H groups in total. The molecular weight excluding hydrogens is 484 g/mol. The number of hydrogen-bond acceptors (Lipinski definition) is 5. The van der Waals surface area contributed by atoms with Crippen molar-refractivity contribution in [1.29, 1.82) is 0 Å². The fraction of sp³-hybridized carbons (Fsp3) is 0.724. The summed E-state index contributed by atoms with van der Waals surface area (Å²) < 4.78 is 30.6. The van der Waals surface area contributed by atoms with E-state index >= 15 is 0 Å². The molecule has 7 nitrogen and oxygen atoms in total. The van der Waals surface area contributed by atoms with Crippen molar-refractivity contribution in [2.75, 3.05) is 32.8 Å². The highest BCUT2D eigenvalue weighted by Crippen LogP contribution is 2.38. The van der Waals surface area contributed by atoms with Gasteiger partial charge in [0.05, 0.1) is 6.61 Å². The lowest BCUT2D eigenvalue weighted by molar-refractivity contribution is 0.0888. The Kier molecular flexibility index (Phi) is 8.61. The van der Waals surface area contributed by atoms with Crippen LogP contribution in [0, 0.1) is 11.8 Å². The predicted octanol–water partition coefficient (Wildman–Crippen LogP) is 4.85. The fourth-order valence-corrected chi connectivity index (χ4v) is 7.63. The average molecular weight is 531 g/mol. The van der Waals surface area contributed by atoms with E-state index in [2.05, 4.69) is 52.5 Å². The zero-order valence-electron chi connectivity index (χ0n) is 22.8. The van der Waals surface area contributed by atoms with Crippen LogP contribution >= 0.6 is 0 Å². The lowest BCUT2D eigenvalue weighted by Crippen LogP contribution is -2.44. The van der Waals surface area contributed by atoms with Crippen LogP contribution in [0.5, 0.6) is 0 Å². The Hall–Kier alpha value is -1.45. The van der Waals surface area contributed by atoms with Crippen LogP contribution in [0.1, 0.15) is 82.5 Å². The van der Waals surface area contributed by atoms with E-state index in [1.165, 1.54) is 60.7 Å². The third kappa shape index (κ3) is 6.41. The molecule has 2 aliphatic heterocycles. The molecule has 3 fully saturated rings. The van der Waals surface area contributed by atoms with Crippen molar-refractivity contribution < 1.29 is 12.6 Å². The van der Waals surface area contributed by atoms with Crippen LogP contribution in [0.25, 0.3) is 10.9 Å². The van der Waals surface area contributed by atoms with Crippen molar-refractivity contribution in [2.24, 2.45) is 17.0 Å². The molecule has 0 bridgehead atoms. The van der Waals surface area contributed by atoms with Crippen molar-refractivity contribution >= 4 is 21.2 Å². The second-order valence-electron chi connectivity index (χ2n) is 11.9. The molecule has 1 aromatic carbocycles. The van der Waals surface area contributed by atoms with Crippen LogP contribution in [0.2, 0.25) is 0 Å². The maximum Gasteiger partial charge on any atom is 0.333 e. The summed E-state index contributed by atoms with van der Waals surface area (Å²) >= 11 is 0. The highest BCUT2D eigenvalue weighted by Gasteiger charge is 2.32. The summed E-state index contributed by atoms with van der Waals surface area (Å²) in [5.41, 5.74) is 3.84. The molecule has 1 aromatic heterocycles. The van der Waals surface area contributed by atoms with E-state index in [0.29, 0.717) is 12.5 Å². The van der Waals surface area contributed by atoms with Gasteiger partial charge in [0, 0.05) is 54.7 Å². The average Bonchev–Trinajstić information content (AvgIpc) is 3.50. The van der Waals surface area contributed by atoms with Gasteiger partial charge in [-0.2, -0.15) is 8.42 Å². The van der Waals surface area contributed by atoms with Crippen LogP contribution < -0.4 is 5.14 Å². The normalized spacial score (nSPS) is 25.0. The van der Waals surface area contributed by atoms with Crippen molar-refractivity contribution in [3.63, 3.8) is 0 Å². The van der Waals surface area contributed by atoms with Crippen LogP contribution in [-0.4, -0.2) is 61.6 Å². The first-order chi connectivity index (χ1) is 17.8. The van der Waals surface area contributed by atoms with Crippen molar-refractivity contribution in [3.8, 4) is 0 Å². The van der Waals surface area contributed by atoms with Gasteiger partial charge in [-0.05, 0) is 87.9 Å². The zero-order chi connectivity index (χ0) is 26.0. The topological polar surface area (TPSA) is 80.8 Å². The van der Waals surface area contributed by atoms with Crippen molar-refractivity contribution in [3.05, 3.63) is 35.5 Å². The summed E-state index contributed by atoms with van der Waals surface area (Å²) in [6, 6.07) is 9.90. The van der Waals surface area contributed by atoms with E-state index in [0.717, 1.165) is 63.4 Å². The Morgan fingerprint density at radius 1 is 0.946 bits per heavy atom. The Labute approximate surface area is 223 Å². The third-order valence-corrected chi connectivity index (χ3v) is 9.85. The van der Waals surface area contributed by atoms with Crippen molar-refractivity contribution in [2.45, 2.75) is 90.3 Å². The molecule has 3 heterocycles. The minimum atomic E-state index is -3.95. The number of piperidine rings is 1. The van der Waals surface area contributed by atoms with Gasteiger partial charge in [0.15, 0.2) is 0 Å². The van der Waals surface area contributed by atoms with Gasteiger partial charge < -0.3 is 9.47 Å². The summed E-state index contributed by atoms with van der Waals surface area (Å²) in [5, 5.41) is 6.47. The number of hydrogen-bond donors (Lipinski definition) is 1. The van der Waals surface area contributed by atoms with Gasteiger partial charge in [-0.25, -0.2) is 5.14 Å². The molecule has 8 heteroatoms. The lowest BCUT2D eigenvalue weighted by Gasteiger charge is -2.42. The first-order valence-electron chi connectivity index (χ1n) is 14.5. The standard InChI is InChI=1S/C29H46N4O3S/c1-22(2)23-9-11-24(12-10-23)32-18-13-25(14-19-32)33-28-8-4-3-7-26(28)27(21-31-16-5-6-17-31)29(33)15-20-36-37(30,34)35/h3-4,7-8,22-25H,5-6,9-21H2,1-2H3,(H2,30,34,35). The molecule has 1 aliphatic carbocycles. The number of para-hydroxylation sites is 1. The summed E-state index contributed by atoms with van der Waals surface area (Å²) in [5.74, 6) is 1.70. The lowest BCUT2D eigenvalue weighted by atomic mass is 9.79. The van der Waals surface area contributed by atoms with E-state index < -0.39 is 10.3 Å². The molecule has 0 amide bonds. The van der Waals surface area contributed by atoms with Gasteiger partial charge in [-0.1, -0.05) is 32.0 Å². The summed E-state index contributed by atoms with van der Waals surface area (Å²) in [6.45, 7) is 10.3. The molecule has 3 aliphatic rings. The van der Waals surface area contributed by atoms with E-state index in [9.17, 15) is 8.42 Å². The van der Waals surface area contributed by atoms with Crippen LogP contribution in [0.4, 0.5) is 0 Å². The molecule has 0 spiro atoms. The van der Waals surface area contributed by atoms with E-state index in [4.69, 9.17) is 9.32 Å². The highest BCUT2D eigenvalue weighted by molar-refractivity contribution is 7.84. The Balaban J connectivity index is 1.37. The smallest absolute Gasteiger partial charge is 0.333 e. The second-order valence-corrected chi connectivity index (χ2v) is 13.2. The number of fused-ring (bicyclic) bond motifs is 1. The maximum atomic E-state index is 11.5. The fourth-order valence-electron chi connectivity index (χ4n) is 7.31. The highest BCUT2D eigenvalue weighted by atomic mass is 32.2. The summed E-state index contributed by atoms with van der Waals surface area (Å²) in [7, 11) is -3.95. The number of benzene rings is 1. The van der Waals surface area contributed by atoms with Crippen LogP contribution in [0.15, 0.2) is 24.3 Å². The Bertz CT molecular complexity index is 1140. The number of aromatic nitrogens is 1. The number of nitrogens with zero attached hydrogens (tertiary/aromatic N) is 3. The molecule has 206 valence electrons. The maximum absolute atomic E-state index is 11.5. The van der Waals surface area contributed by atoms with E-state index in [1.54, 1.807) is 0 Å². The van der Waals surface area contributed by atoms with Crippen LogP contribution in [-0.2, 0) is 27.5 Å². The van der Waals surface area contributed by atoms with Crippen LogP contribution in [0.3, 0.4) is 0 Å². The Morgan fingerprint density at radius 2 is 1.62 bits per heavy atom. The molecule has 5 rings (SSSR count). The zero-order valence-corrected chi connectivity index (χ0v) is 23.6. The van der Waals surface area contributed by atoms with E-state index in [1.807, 2.05) is 0 Å². The minimum absolute atomic E-state index is 0.0834. The molecule has 0 atom stereocenters. The first-order valence-corrected chi connectivity index (χ1v) is 16.0. The molecule has 37 heavy (non-hydrogen) atoms. The quantitative estimate of drug-likeness (QED) is 0.501. The second kappa shape index (κ2) is 11.7. The SMILES string of the molecule is CC(C)C1CCC(N2CCC(n3c(CCOS(N)(=O)=O)c(CN4CCCC4)c4ccccc43)CC2)CC1. The minimum Gasteiger partial charge on any atom is -0.341 e. The molecular formula is C29H46N4O3S. The van der Waals surface area contributed by atoms with Gasteiger partial charge >= 0.3 is 10.3 Å². The van der Waals surface area contributed by atoms with Gasteiger partial charge in [0.1, 0.15) is 0 Å². The molecule has 0 radical (unpaired) electrons. The number of likely N-dealkylation sites (tertiary alicyclic amines) is 2. The molecule has 0 unspecified atom stereocenters. The first kappa shape index (κ1) is 27.1. The van der Waals surface area contributed by atoms with Gasteiger partial charge in [-0.15, -0.1) is 0 Å². The van der Waals surface area contributed by atoms with Gasteiger partial charge in [0.25, 0.3) is 0 Å². The molecule has 2 saturated heterocycles. The monoisotopic (exact) mass is 530 g/mol. The summed E-state index contributed by atoms with van der Waals surface area (Å²) in [6.07, 6.45) is 10.8. The summed E-state index contributed by atoms with van der Waals surface area (Å²) in [4.78, 5) is 5.29. The van der Waals surface area contributed by atoms with Gasteiger partial charge in [0.2, 0.25) is 0 Å². The number of rotatable bonds is 9. The van der Waals surface area contributed by atoms with Crippen molar-refractivity contribution in [1.82, 2.24) is 14.4 Å². The Morgan fingerprint density at radius 3 is 2.27 bits per heavy atom. The largest absolute Gasteiger partial charge is 0.341 e. The molecule has 2 aromatic rings. The third-order valence-electron chi connectivity index (χ3n) is 9.36. The van der Waals surface area contributed by atoms with Gasteiger partial charge in [-0.3, -0.25) is 9.08 Å². The predicted molar refractivity (Wildman–Crippen MR) is 150 cm³/mol. The van der Waals surface area contributed by atoms with E-state index in [-0.39, 0.29) is 6.61 Å². The number of nitrogens with two attached hydrogens (primary N) is 1.